The normalized spacial score (nSPS) is 22.2. The third kappa shape index (κ3) is 5.99. The van der Waals surface area contributed by atoms with Crippen LogP contribution in [0.4, 0.5) is 0 Å². The first-order valence-corrected chi connectivity index (χ1v) is 11.0. The summed E-state index contributed by atoms with van der Waals surface area (Å²) in [6, 6.07) is 8.37. The largest absolute Gasteiger partial charge is 0.373 e. The minimum Gasteiger partial charge on any atom is -0.373 e. The highest BCUT2D eigenvalue weighted by molar-refractivity contribution is 7.91. The maximum absolute atomic E-state index is 12.6. The summed E-state index contributed by atoms with van der Waals surface area (Å²) >= 11 is 0. The minimum absolute atomic E-state index is 0.0334. The van der Waals surface area contributed by atoms with Crippen molar-refractivity contribution in [1.29, 1.82) is 0 Å². The molecule has 1 aromatic carbocycles. The van der Waals surface area contributed by atoms with Gasteiger partial charge >= 0.3 is 0 Å². The lowest BCUT2D eigenvalue weighted by Gasteiger charge is -2.23. The van der Waals surface area contributed by atoms with Gasteiger partial charge in [0.15, 0.2) is 15.8 Å². The molecule has 1 aromatic rings. The first-order chi connectivity index (χ1) is 12.4. The van der Waals surface area contributed by atoms with E-state index in [1.54, 1.807) is 24.3 Å². The fourth-order valence-corrected chi connectivity index (χ4v) is 4.58. The van der Waals surface area contributed by atoms with Crippen LogP contribution in [-0.4, -0.2) is 51.5 Å². The standard InChI is InChI=1S/C19H31N3O3S/c1-4-16(14-26(23,24)17-10-7-6-8-11-17)22-18(20-5-2)21-15-19(3)12-9-13-25-19/h6-8,10-11,16H,4-5,9,12-15H2,1-3H3,(H2,20,21,22). The van der Waals surface area contributed by atoms with Crippen molar-refractivity contribution < 1.29 is 13.2 Å². The second-order valence-electron chi connectivity index (χ2n) is 6.94. The summed E-state index contributed by atoms with van der Waals surface area (Å²) < 4.78 is 31.1. The van der Waals surface area contributed by atoms with Crippen LogP contribution in [-0.2, 0) is 14.6 Å². The van der Waals surface area contributed by atoms with E-state index in [0.717, 1.165) is 19.4 Å². The van der Waals surface area contributed by atoms with Crippen molar-refractivity contribution >= 4 is 15.8 Å². The summed E-state index contributed by atoms with van der Waals surface area (Å²) in [4.78, 5) is 4.99. The molecule has 1 saturated heterocycles. The van der Waals surface area contributed by atoms with Gasteiger partial charge in [0.05, 0.1) is 22.8 Å². The fraction of sp³-hybridized carbons (Fsp3) is 0.632. The van der Waals surface area contributed by atoms with E-state index in [1.165, 1.54) is 0 Å². The first-order valence-electron chi connectivity index (χ1n) is 9.35. The van der Waals surface area contributed by atoms with E-state index in [1.807, 2.05) is 19.9 Å². The number of nitrogens with zero attached hydrogens (tertiary/aromatic N) is 1. The smallest absolute Gasteiger partial charge is 0.191 e. The van der Waals surface area contributed by atoms with Crippen molar-refractivity contribution in [3.63, 3.8) is 0 Å². The molecule has 26 heavy (non-hydrogen) atoms. The van der Waals surface area contributed by atoms with Crippen LogP contribution in [0.3, 0.4) is 0 Å². The molecule has 2 rings (SSSR count). The van der Waals surface area contributed by atoms with Gasteiger partial charge < -0.3 is 15.4 Å². The van der Waals surface area contributed by atoms with E-state index in [4.69, 9.17) is 4.74 Å². The summed E-state index contributed by atoms with van der Waals surface area (Å²) in [5.41, 5.74) is -0.222. The zero-order valence-corrected chi connectivity index (χ0v) is 16.8. The maximum Gasteiger partial charge on any atom is 0.191 e. The van der Waals surface area contributed by atoms with Crippen LogP contribution in [0, 0.1) is 0 Å². The number of benzene rings is 1. The predicted molar refractivity (Wildman–Crippen MR) is 105 cm³/mol. The molecule has 1 heterocycles. The molecule has 146 valence electrons. The SMILES string of the molecule is CCNC(=NCC1(C)CCCO1)NC(CC)CS(=O)(=O)c1ccccc1. The van der Waals surface area contributed by atoms with Gasteiger partial charge in [0.2, 0.25) is 0 Å². The van der Waals surface area contributed by atoms with Gasteiger partial charge in [-0.3, -0.25) is 4.99 Å². The lowest BCUT2D eigenvalue weighted by atomic mass is 10.0. The van der Waals surface area contributed by atoms with Gasteiger partial charge in [-0.05, 0) is 45.2 Å². The predicted octanol–water partition coefficient (Wildman–Crippen LogP) is 2.36. The fourth-order valence-electron chi connectivity index (χ4n) is 2.97. The van der Waals surface area contributed by atoms with Crippen molar-refractivity contribution in [2.24, 2.45) is 4.99 Å². The van der Waals surface area contributed by atoms with Crippen molar-refractivity contribution in [3.8, 4) is 0 Å². The Morgan fingerprint density at radius 3 is 2.62 bits per heavy atom. The summed E-state index contributed by atoms with van der Waals surface area (Å²) in [7, 11) is -3.34. The highest BCUT2D eigenvalue weighted by Crippen LogP contribution is 2.25. The van der Waals surface area contributed by atoms with Gasteiger partial charge in [-0.2, -0.15) is 0 Å². The Morgan fingerprint density at radius 2 is 2.04 bits per heavy atom. The van der Waals surface area contributed by atoms with E-state index in [-0.39, 0.29) is 17.4 Å². The molecule has 0 aliphatic carbocycles. The van der Waals surface area contributed by atoms with Crippen molar-refractivity contribution in [2.75, 3.05) is 25.4 Å². The number of ether oxygens (including phenoxy) is 1. The molecule has 0 radical (unpaired) electrons. The number of rotatable bonds is 8. The van der Waals surface area contributed by atoms with Crippen LogP contribution >= 0.6 is 0 Å². The molecule has 2 atom stereocenters. The Hall–Kier alpha value is -1.60. The molecule has 0 spiro atoms. The van der Waals surface area contributed by atoms with Crippen LogP contribution < -0.4 is 10.6 Å². The third-order valence-electron chi connectivity index (χ3n) is 4.57. The second-order valence-corrected chi connectivity index (χ2v) is 8.98. The summed E-state index contributed by atoms with van der Waals surface area (Å²) in [5.74, 6) is 0.672. The number of sulfone groups is 1. The molecule has 0 bridgehead atoms. The van der Waals surface area contributed by atoms with Crippen molar-refractivity contribution in [3.05, 3.63) is 30.3 Å². The number of aliphatic imine (C=N–C) groups is 1. The van der Waals surface area contributed by atoms with Crippen LogP contribution in [0.25, 0.3) is 0 Å². The second kappa shape index (κ2) is 9.37. The van der Waals surface area contributed by atoms with E-state index in [9.17, 15) is 8.42 Å². The molecule has 7 heteroatoms. The van der Waals surface area contributed by atoms with E-state index >= 15 is 0 Å². The van der Waals surface area contributed by atoms with Gasteiger partial charge in [-0.15, -0.1) is 0 Å². The number of hydrogen-bond donors (Lipinski definition) is 2. The Balaban J connectivity index is 2.05. The van der Waals surface area contributed by atoms with Gasteiger partial charge in [0, 0.05) is 19.2 Å². The molecule has 1 fully saturated rings. The van der Waals surface area contributed by atoms with E-state index in [2.05, 4.69) is 22.5 Å². The average molecular weight is 382 g/mol. The molecule has 2 N–H and O–H groups in total. The van der Waals surface area contributed by atoms with Gasteiger partial charge in [-0.25, -0.2) is 8.42 Å². The number of guanidine groups is 1. The third-order valence-corrected chi connectivity index (χ3v) is 6.40. The molecular formula is C19H31N3O3S. The lowest BCUT2D eigenvalue weighted by Crippen LogP contribution is -2.46. The van der Waals surface area contributed by atoms with E-state index in [0.29, 0.717) is 30.4 Å². The molecule has 0 saturated carbocycles. The summed E-state index contributed by atoms with van der Waals surface area (Å²) in [6.45, 7) is 8.10. The Morgan fingerprint density at radius 1 is 1.31 bits per heavy atom. The van der Waals surface area contributed by atoms with Gasteiger partial charge in [0.1, 0.15) is 0 Å². The molecule has 1 aliphatic heterocycles. The molecule has 1 aliphatic rings. The topological polar surface area (TPSA) is 79.8 Å². The highest BCUT2D eigenvalue weighted by Gasteiger charge is 2.29. The van der Waals surface area contributed by atoms with Crippen LogP contribution in [0.15, 0.2) is 40.2 Å². The summed E-state index contributed by atoms with van der Waals surface area (Å²) in [6.07, 6.45) is 2.74. The van der Waals surface area contributed by atoms with Crippen LogP contribution in [0.2, 0.25) is 0 Å². The first kappa shape index (κ1) is 20.7. The quantitative estimate of drug-likeness (QED) is 0.534. The van der Waals surface area contributed by atoms with Crippen LogP contribution in [0.1, 0.15) is 40.0 Å². The maximum atomic E-state index is 12.6. The number of nitrogens with one attached hydrogen (secondary N) is 2. The van der Waals surface area contributed by atoms with Crippen molar-refractivity contribution in [1.82, 2.24) is 10.6 Å². The number of hydrogen-bond acceptors (Lipinski definition) is 4. The molecule has 0 amide bonds. The minimum atomic E-state index is -3.34. The Bertz CT molecular complexity index is 683. The molecular weight excluding hydrogens is 350 g/mol. The van der Waals surface area contributed by atoms with E-state index < -0.39 is 9.84 Å². The average Bonchev–Trinajstić information content (AvgIpc) is 3.07. The zero-order valence-electron chi connectivity index (χ0n) is 16.0. The Labute approximate surface area is 157 Å². The highest BCUT2D eigenvalue weighted by atomic mass is 32.2. The molecule has 2 unspecified atom stereocenters. The molecule has 6 nitrogen and oxygen atoms in total. The monoisotopic (exact) mass is 381 g/mol. The molecule has 0 aromatic heterocycles. The lowest BCUT2D eigenvalue weighted by molar-refractivity contribution is 0.0283. The van der Waals surface area contributed by atoms with Crippen LogP contribution in [0.5, 0.6) is 0 Å². The van der Waals surface area contributed by atoms with Gasteiger partial charge in [0.25, 0.3) is 0 Å². The summed E-state index contributed by atoms with van der Waals surface area (Å²) in [5, 5.41) is 6.48. The Kier molecular flexibility index (Phi) is 7.46. The zero-order chi connectivity index (χ0) is 19.0. The van der Waals surface area contributed by atoms with Gasteiger partial charge in [-0.1, -0.05) is 25.1 Å². The van der Waals surface area contributed by atoms with Crippen molar-refractivity contribution in [2.45, 2.75) is 56.6 Å².